The summed E-state index contributed by atoms with van der Waals surface area (Å²) in [7, 11) is 0. The third-order valence-electron chi connectivity index (χ3n) is 3.90. The van der Waals surface area contributed by atoms with E-state index in [4.69, 9.17) is 4.74 Å². The van der Waals surface area contributed by atoms with Gasteiger partial charge in [-0.3, -0.25) is 4.40 Å². The average molecular weight is 309 g/mol. The number of imidazole rings is 1. The lowest BCUT2D eigenvalue weighted by Crippen LogP contribution is -1.96. The van der Waals surface area contributed by atoms with E-state index < -0.39 is 0 Å². The van der Waals surface area contributed by atoms with Gasteiger partial charge in [0.15, 0.2) is 0 Å². The molecule has 1 aromatic carbocycles. The zero-order valence-electron chi connectivity index (χ0n) is 13.8. The van der Waals surface area contributed by atoms with Crippen LogP contribution in [0.4, 0.5) is 5.82 Å². The summed E-state index contributed by atoms with van der Waals surface area (Å²) in [5.74, 6) is 1.18. The third kappa shape index (κ3) is 2.59. The van der Waals surface area contributed by atoms with Crippen LogP contribution in [0.25, 0.3) is 16.9 Å². The smallest absolute Gasteiger partial charge is 0.209 e. The highest BCUT2D eigenvalue weighted by molar-refractivity contribution is 5.78. The normalized spacial score (nSPS) is 11.0. The molecule has 0 bridgehead atoms. The molecule has 0 aliphatic rings. The van der Waals surface area contributed by atoms with Gasteiger partial charge in [0.05, 0.1) is 6.61 Å². The Morgan fingerprint density at radius 1 is 1.17 bits per heavy atom. The number of nitroso groups, excluding NO2 is 1. The first kappa shape index (κ1) is 15.2. The summed E-state index contributed by atoms with van der Waals surface area (Å²) in [6.45, 7) is 8.53. The number of hydrogen-bond donors (Lipinski definition) is 0. The van der Waals surface area contributed by atoms with Crippen molar-refractivity contribution in [3.05, 3.63) is 52.1 Å². The highest BCUT2D eigenvalue weighted by atomic mass is 16.5. The minimum Gasteiger partial charge on any atom is -0.494 e. The van der Waals surface area contributed by atoms with E-state index in [9.17, 15) is 4.91 Å². The molecule has 0 atom stereocenters. The average Bonchev–Trinajstić information content (AvgIpc) is 2.88. The Balaban J connectivity index is 2.24. The van der Waals surface area contributed by atoms with Gasteiger partial charge in [0, 0.05) is 11.8 Å². The maximum Gasteiger partial charge on any atom is 0.209 e. The van der Waals surface area contributed by atoms with Crippen LogP contribution in [0.15, 0.2) is 35.6 Å². The molecule has 2 aromatic heterocycles. The van der Waals surface area contributed by atoms with Gasteiger partial charge in [0.1, 0.15) is 17.1 Å². The van der Waals surface area contributed by atoms with Crippen molar-refractivity contribution in [2.45, 2.75) is 27.7 Å². The summed E-state index contributed by atoms with van der Waals surface area (Å²) in [5, 5.41) is 3.22. The van der Waals surface area contributed by atoms with E-state index in [-0.39, 0.29) is 0 Å². The Morgan fingerprint density at radius 3 is 2.65 bits per heavy atom. The van der Waals surface area contributed by atoms with Crippen LogP contribution >= 0.6 is 0 Å². The van der Waals surface area contributed by atoms with Gasteiger partial charge in [0.25, 0.3) is 0 Å². The molecule has 118 valence electrons. The fourth-order valence-electron chi connectivity index (χ4n) is 2.76. The topological polar surface area (TPSA) is 56.0 Å². The zero-order valence-corrected chi connectivity index (χ0v) is 13.8. The van der Waals surface area contributed by atoms with E-state index in [2.05, 4.69) is 10.2 Å². The Hall–Kier alpha value is -2.69. The molecule has 23 heavy (non-hydrogen) atoms. The molecule has 0 saturated heterocycles. The molecule has 2 heterocycles. The molecule has 0 amide bonds. The van der Waals surface area contributed by atoms with Crippen LogP contribution in [-0.4, -0.2) is 16.0 Å². The van der Waals surface area contributed by atoms with Crippen LogP contribution < -0.4 is 4.74 Å². The Kier molecular flexibility index (Phi) is 3.86. The van der Waals surface area contributed by atoms with E-state index in [1.807, 2.05) is 58.2 Å². The number of aryl methyl sites for hydroxylation is 3. The number of ether oxygens (including phenoxy) is 1. The first-order valence-corrected chi connectivity index (χ1v) is 7.61. The molecular weight excluding hydrogens is 290 g/mol. The first-order chi connectivity index (χ1) is 11.0. The second-order valence-corrected chi connectivity index (χ2v) is 5.68. The highest BCUT2D eigenvalue weighted by Gasteiger charge is 2.18. The molecule has 5 nitrogen and oxygen atoms in total. The molecular formula is C18H19N3O2. The quantitative estimate of drug-likeness (QED) is 0.655. The van der Waals surface area contributed by atoms with Crippen molar-refractivity contribution in [3.63, 3.8) is 0 Å². The van der Waals surface area contributed by atoms with Crippen LogP contribution in [0.1, 0.15) is 23.6 Å². The van der Waals surface area contributed by atoms with Gasteiger partial charge >= 0.3 is 0 Å². The second kappa shape index (κ2) is 5.83. The van der Waals surface area contributed by atoms with Gasteiger partial charge in [-0.1, -0.05) is 6.07 Å². The van der Waals surface area contributed by atoms with Crippen LogP contribution in [0, 0.1) is 25.7 Å². The minimum atomic E-state index is 0.329. The van der Waals surface area contributed by atoms with Crippen molar-refractivity contribution in [2.75, 3.05) is 6.61 Å². The SMILES string of the molecule is CCOc1cc(C)c(-c2nc3ccc(C)cn3c2N=O)cc1C. The zero-order chi connectivity index (χ0) is 16.6. The molecule has 0 N–H and O–H groups in total. The molecule has 3 aromatic rings. The largest absolute Gasteiger partial charge is 0.494 e. The molecule has 0 fully saturated rings. The monoisotopic (exact) mass is 309 g/mol. The van der Waals surface area contributed by atoms with Crippen LogP contribution in [0.3, 0.4) is 0 Å². The van der Waals surface area contributed by atoms with Crippen molar-refractivity contribution in [1.82, 2.24) is 9.38 Å². The van der Waals surface area contributed by atoms with Gasteiger partial charge < -0.3 is 4.74 Å². The summed E-state index contributed by atoms with van der Waals surface area (Å²) in [6, 6.07) is 7.85. The maximum atomic E-state index is 11.4. The number of aromatic nitrogens is 2. The Morgan fingerprint density at radius 2 is 1.96 bits per heavy atom. The number of rotatable bonds is 4. The van der Waals surface area contributed by atoms with Gasteiger partial charge in [0.2, 0.25) is 5.82 Å². The number of benzene rings is 1. The van der Waals surface area contributed by atoms with Crippen molar-refractivity contribution < 1.29 is 4.74 Å². The van der Waals surface area contributed by atoms with E-state index in [1.165, 1.54) is 0 Å². The van der Waals surface area contributed by atoms with Gasteiger partial charge in [-0.05, 0) is 67.8 Å². The third-order valence-corrected chi connectivity index (χ3v) is 3.90. The minimum absolute atomic E-state index is 0.329. The lowest BCUT2D eigenvalue weighted by atomic mass is 10.0. The van der Waals surface area contributed by atoms with E-state index >= 15 is 0 Å². The van der Waals surface area contributed by atoms with E-state index in [0.717, 1.165) is 28.0 Å². The lowest BCUT2D eigenvalue weighted by molar-refractivity contribution is 0.337. The number of fused-ring (bicyclic) bond motifs is 1. The molecule has 0 aliphatic carbocycles. The summed E-state index contributed by atoms with van der Waals surface area (Å²) in [4.78, 5) is 16.0. The number of pyridine rings is 1. The molecule has 0 saturated carbocycles. The summed E-state index contributed by atoms with van der Waals surface area (Å²) in [5.41, 5.74) is 5.29. The van der Waals surface area contributed by atoms with Crippen molar-refractivity contribution in [2.24, 2.45) is 5.18 Å². The standard InChI is InChI=1S/C18H19N3O2/c1-5-23-15-9-12(3)14(8-13(15)4)17-18(20-22)21-10-11(2)6-7-16(21)19-17/h6-10H,5H2,1-4H3. The van der Waals surface area contributed by atoms with Crippen LogP contribution in [0.5, 0.6) is 5.75 Å². The van der Waals surface area contributed by atoms with Crippen molar-refractivity contribution in [1.29, 1.82) is 0 Å². The highest BCUT2D eigenvalue weighted by Crippen LogP contribution is 2.36. The predicted octanol–water partition coefficient (Wildman–Crippen LogP) is 4.72. The lowest BCUT2D eigenvalue weighted by Gasteiger charge is -2.11. The molecule has 5 heteroatoms. The fraction of sp³-hybridized carbons (Fsp3) is 0.278. The van der Waals surface area contributed by atoms with Crippen LogP contribution in [-0.2, 0) is 0 Å². The van der Waals surface area contributed by atoms with Crippen molar-refractivity contribution >= 4 is 11.5 Å². The first-order valence-electron chi connectivity index (χ1n) is 7.61. The van der Waals surface area contributed by atoms with Gasteiger partial charge in [-0.15, -0.1) is 4.91 Å². The number of hydrogen-bond acceptors (Lipinski definition) is 4. The summed E-state index contributed by atoms with van der Waals surface area (Å²) in [6.07, 6.45) is 1.87. The molecule has 3 rings (SSSR count). The Bertz CT molecular complexity index is 897. The van der Waals surface area contributed by atoms with Crippen molar-refractivity contribution in [3.8, 4) is 17.0 Å². The predicted molar refractivity (Wildman–Crippen MR) is 91.5 cm³/mol. The number of nitrogens with zero attached hydrogens (tertiary/aromatic N) is 3. The van der Waals surface area contributed by atoms with Gasteiger partial charge in [-0.2, -0.15) is 0 Å². The molecule has 0 spiro atoms. The second-order valence-electron chi connectivity index (χ2n) is 5.68. The molecule has 0 unspecified atom stereocenters. The summed E-state index contributed by atoms with van der Waals surface area (Å²) < 4.78 is 7.37. The van der Waals surface area contributed by atoms with E-state index in [0.29, 0.717) is 23.8 Å². The Labute approximate surface area is 134 Å². The van der Waals surface area contributed by atoms with E-state index in [1.54, 1.807) is 4.40 Å². The fourth-order valence-corrected chi connectivity index (χ4v) is 2.76. The maximum absolute atomic E-state index is 11.4. The molecule has 0 aliphatic heterocycles. The van der Waals surface area contributed by atoms with Gasteiger partial charge in [-0.25, -0.2) is 4.98 Å². The van der Waals surface area contributed by atoms with Crippen LogP contribution in [0.2, 0.25) is 0 Å². The molecule has 0 radical (unpaired) electrons. The summed E-state index contributed by atoms with van der Waals surface area (Å²) >= 11 is 0.